The van der Waals surface area contributed by atoms with Crippen LogP contribution < -0.4 is 0 Å². The van der Waals surface area contributed by atoms with E-state index in [1.165, 1.54) is 0 Å². The second kappa shape index (κ2) is 6.10. The first-order valence-corrected chi connectivity index (χ1v) is 7.36. The number of benzene rings is 1. The Labute approximate surface area is 115 Å². The highest BCUT2D eigenvalue weighted by atomic mass is 35.5. The minimum Gasteiger partial charge on any atom is -0.294 e. The SMILES string of the molecule is O=C(CN1CCSCC1)c1ccc(Cl)cc1Cl. The highest BCUT2D eigenvalue weighted by Crippen LogP contribution is 2.22. The van der Waals surface area contributed by atoms with Gasteiger partial charge in [-0.2, -0.15) is 11.8 Å². The molecule has 1 fully saturated rings. The van der Waals surface area contributed by atoms with Crippen LogP contribution in [0.25, 0.3) is 0 Å². The number of hydrogen-bond acceptors (Lipinski definition) is 3. The number of hydrogen-bond donors (Lipinski definition) is 0. The molecule has 1 saturated heterocycles. The fraction of sp³-hybridized carbons (Fsp3) is 0.417. The van der Waals surface area contributed by atoms with Crippen molar-refractivity contribution in [1.29, 1.82) is 0 Å². The molecule has 0 amide bonds. The van der Waals surface area contributed by atoms with E-state index in [0.29, 0.717) is 22.2 Å². The third kappa shape index (κ3) is 3.62. The Morgan fingerprint density at radius 3 is 2.65 bits per heavy atom. The first-order chi connectivity index (χ1) is 8.16. The molecule has 2 nitrogen and oxygen atoms in total. The summed E-state index contributed by atoms with van der Waals surface area (Å²) in [4.78, 5) is 14.2. The van der Waals surface area contributed by atoms with Crippen LogP contribution >= 0.6 is 35.0 Å². The molecule has 1 aromatic rings. The van der Waals surface area contributed by atoms with E-state index in [4.69, 9.17) is 23.2 Å². The fourth-order valence-corrected chi connectivity index (χ4v) is 3.26. The van der Waals surface area contributed by atoms with E-state index in [0.717, 1.165) is 24.6 Å². The molecular formula is C12H13Cl2NOS. The van der Waals surface area contributed by atoms with Gasteiger partial charge in [0.1, 0.15) is 0 Å². The summed E-state index contributed by atoms with van der Waals surface area (Å²) in [5.41, 5.74) is 0.564. The molecule has 1 aliphatic rings. The lowest BCUT2D eigenvalue weighted by Gasteiger charge is -2.25. The van der Waals surface area contributed by atoms with Crippen LogP contribution in [-0.4, -0.2) is 41.8 Å². The van der Waals surface area contributed by atoms with Crippen molar-refractivity contribution < 1.29 is 4.79 Å². The van der Waals surface area contributed by atoms with Gasteiger partial charge < -0.3 is 0 Å². The summed E-state index contributed by atoms with van der Waals surface area (Å²) in [6.07, 6.45) is 0. The van der Waals surface area contributed by atoms with Gasteiger partial charge in [-0.3, -0.25) is 9.69 Å². The molecule has 5 heteroatoms. The van der Waals surface area contributed by atoms with Gasteiger partial charge in [0.15, 0.2) is 5.78 Å². The number of ketones is 1. The number of halogens is 2. The van der Waals surface area contributed by atoms with Crippen LogP contribution in [0.4, 0.5) is 0 Å². The third-order valence-corrected chi connectivity index (χ3v) is 4.19. The van der Waals surface area contributed by atoms with E-state index in [1.807, 2.05) is 11.8 Å². The monoisotopic (exact) mass is 289 g/mol. The quantitative estimate of drug-likeness (QED) is 0.797. The number of carbonyl (C=O) groups excluding carboxylic acids is 1. The summed E-state index contributed by atoms with van der Waals surface area (Å²) in [5, 5.41) is 0.995. The molecule has 2 rings (SSSR count). The zero-order chi connectivity index (χ0) is 12.3. The summed E-state index contributed by atoms with van der Waals surface area (Å²) in [7, 11) is 0. The van der Waals surface area contributed by atoms with Crippen molar-refractivity contribution in [2.75, 3.05) is 31.1 Å². The van der Waals surface area contributed by atoms with Gasteiger partial charge in [0.25, 0.3) is 0 Å². The second-order valence-electron chi connectivity index (χ2n) is 3.94. The molecule has 1 aliphatic heterocycles. The molecule has 0 saturated carbocycles. The van der Waals surface area contributed by atoms with Gasteiger partial charge in [0.2, 0.25) is 0 Å². The maximum absolute atomic E-state index is 12.1. The summed E-state index contributed by atoms with van der Waals surface area (Å²) < 4.78 is 0. The predicted molar refractivity (Wildman–Crippen MR) is 74.6 cm³/mol. The summed E-state index contributed by atoms with van der Waals surface area (Å²) >= 11 is 13.7. The maximum atomic E-state index is 12.1. The predicted octanol–water partition coefficient (Wildman–Crippen LogP) is 3.22. The van der Waals surface area contributed by atoms with Gasteiger partial charge in [0.05, 0.1) is 11.6 Å². The summed E-state index contributed by atoms with van der Waals surface area (Å²) in [5.74, 6) is 2.27. The van der Waals surface area contributed by atoms with Crippen LogP contribution in [-0.2, 0) is 0 Å². The van der Waals surface area contributed by atoms with Crippen LogP contribution in [0.2, 0.25) is 10.0 Å². The molecule has 1 aromatic carbocycles. The van der Waals surface area contributed by atoms with Crippen molar-refractivity contribution in [3.05, 3.63) is 33.8 Å². The molecule has 0 atom stereocenters. The van der Waals surface area contributed by atoms with Crippen molar-refractivity contribution in [1.82, 2.24) is 4.90 Å². The van der Waals surface area contributed by atoms with Crippen LogP contribution in [0.1, 0.15) is 10.4 Å². The van der Waals surface area contributed by atoms with Crippen molar-refractivity contribution in [2.24, 2.45) is 0 Å². The molecule has 0 unspecified atom stereocenters. The van der Waals surface area contributed by atoms with E-state index in [9.17, 15) is 4.79 Å². The average molecular weight is 290 g/mol. The topological polar surface area (TPSA) is 20.3 Å². The Morgan fingerprint density at radius 1 is 1.29 bits per heavy atom. The number of thioether (sulfide) groups is 1. The van der Waals surface area contributed by atoms with E-state index < -0.39 is 0 Å². The molecule has 0 aromatic heterocycles. The molecule has 0 N–H and O–H groups in total. The van der Waals surface area contributed by atoms with Gasteiger partial charge in [0, 0.05) is 35.2 Å². The molecule has 0 spiro atoms. The van der Waals surface area contributed by atoms with E-state index in [1.54, 1.807) is 18.2 Å². The lowest BCUT2D eigenvalue weighted by atomic mass is 10.1. The average Bonchev–Trinajstić information content (AvgIpc) is 2.30. The highest BCUT2D eigenvalue weighted by molar-refractivity contribution is 7.99. The van der Waals surface area contributed by atoms with E-state index in [-0.39, 0.29) is 5.78 Å². The molecule has 0 radical (unpaired) electrons. The van der Waals surface area contributed by atoms with Gasteiger partial charge in [-0.15, -0.1) is 0 Å². The highest BCUT2D eigenvalue weighted by Gasteiger charge is 2.17. The molecule has 1 heterocycles. The van der Waals surface area contributed by atoms with Crippen molar-refractivity contribution in [3.63, 3.8) is 0 Å². The largest absolute Gasteiger partial charge is 0.294 e. The Balaban J connectivity index is 2.03. The van der Waals surface area contributed by atoms with Gasteiger partial charge in [-0.1, -0.05) is 23.2 Å². The zero-order valence-electron chi connectivity index (χ0n) is 9.29. The molecule has 92 valence electrons. The molecular weight excluding hydrogens is 277 g/mol. The van der Waals surface area contributed by atoms with E-state index >= 15 is 0 Å². The Morgan fingerprint density at radius 2 is 2.00 bits per heavy atom. The molecule has 0 bridgehead atoms. The Kier molecular flexibility index (Phi) is 4.74. The lowest BCUT2D eigenvalue weighted by Crippen LogP contribution is -2.36. The van der Waals surface area contributed by atoms with E-state index in [2.05, 4.69) is 4.90 Å². The smallest absolute Gasteiger partial charge is 0.178 e. The van der Waals surface area contributed by atoms with Gasteiger partial charge in [-0.05, 0) is 18.2 Å². The summed E-state index contributed by atoms with van der Waals surface area (Å²) in [6, 6.07) is 5.01. The molecule has 0 aliphatic carbocycles. The second-order valence-corrected chi connectivity index (χ2v) is 6.00. The minimum atomic E-state index is 0.0681. The summed E-state index contributed by atoms with van der Waals surface area (Å²) in [6.45, 7) is 2.39. The van der Waals surface area contributed by atoms with Crippen molar-refractivity contribution >= 4 is 40.7 Å². The van der Waals surface area contributed by atoms with Crippen LogP contribution in [0.3, 0.4) is 0 Å². The number of rotatable bonds is 3. The standard InChI is InChI=1S/C12H13Cl2NOS/c13-9-1-2-10(11(14)7-9)12(16)8-15-3-5-17-6-4-15/h1-2,7H,3-6,8H2. The van der Waals surface area contributed by atoms with Crippen LogP contribution in [0.15, 0.2) is 18.2 Å². The Bertz CT molecular complexity index is 419. The number of Topliss-reactive ketones (excluding diaryl/α,β-unsaturated/α-hetero) is 1. The normalized spacial score (nSPS) is 17.1. The fourth-order valence-electron chi connectivity index (χ4n) is 1.76. The molecule has 17 heavy (non-hydrogen) atoms. The number of nitrogens with zero attached hydrogens (tertiary/aromatic N) is 1. The van der Waals surface area contributed by atoms with Gasteiger partial charge >= 0.3 is 0 Å². The van der Waals surface area contributed by atoms with Gasteiger partial charge in [-0.25, -0.2) is 0 Å². The Hall–Kier alpha value is -0.220. The first-order valence-electron chi connectivity index (χ1n) is 5.45. The number of carbonyl (C=O) groups is 1. The van der Waals surface area contributed by atoms with Crippen LogP contribution in [0.5, 0.6) is 0 Å². The van der Waals surface area contributed by atoms with Crippen molar-refractivity contribution in [3.8, 4) is 0 Å². The lowest BCUT2D eigenvalue weighted by molar-refractivity contribution is 0.0937. The van der Waals surface area contributed by atoms with Crippen LogP contribution in [0, 0.1) is 0 Å². The minimum absolute atomic E-state index is 0.0681. The maximum Gasteiger partial charge on any atom is 0.178 e. The first kappa shape index (κ1) is 13.2. The third-order valence-electron chi connectivity index (χ3n) is 2.70. The van der Waals surface area contributed by atoms with Crippen molar-refractivity contribution in [2.45, 2.75) is 0 Å². The zero-order valence-corrected chi connectivity index (χ0v) is 11.6.